The standard InChI is InChI=1S/C16H20BrN3O/c1-10-8-12(17)6-7-14(10)20-15(21)13(11(2)19-20)9-18-16(3,4)5/h6-9,19H,1-5H3. The van der Waals surface area contributed by atoms with E-state index in [1.54, 1.807) is 10.9 Å². The molecule has 0 atom stereocenters. The highest BCUT2D eigenvalue weighted by atomic mass is 79.9. The van der Waals surface area contributed by atoms with Gasteiger partial charge in [0.25, 0.3) is 5.56 Å². The molecule has 5 heteroatoms. The Bertz CT molecular complexity index is 748. The average molecular weight is 350 g/mol. The third-order valence-electron chi connectivity index (χ3n) is 3.10. The molecule has 1 aromatic carbocycles. The summed E-state index contributed by atoms with van der Waals surface area (Å²) in [5, 5.41) is 3.12. The summed E-state index contributed by atoms with van der Waals surface area (Å²) < 4.78 is 2.57. The molecule has 0 saturated carbocycles. The van der Waals surface area contributed by atoms with Gasteiger partial charge in [-0.1, -0.05) is 15.9 Å². The van der Waals surface area contributed by atoms with Gasteiger partial charge in [0.1, 0.15) is 0 Å². The first-order chi connectivity index (χ1) is 9.69. The van der Waals surface area contributed by atoms with Gasteiger partial charge in [0, 0.05) is 16.4 Å². The highest BCUT2D eigenvalue weighted by Gasteiger charge is 2.13. The maximum absolute atomic E-state index is 12.6. The number of hydrogen-bond donors (Lipinski definition) is 1. The lowest BCUT2D eigenvalue weighted by Crippen LogP contribution is -2.19. The molecule has 0 aliphatic rings. The molecule has 0 amide bonds. The van der Waals surface area contributed by atoms with Crippen molar-refractivity contribution in [2.45, 2.75) is 40.2 Å². The van der Waals surface area contributed by atoms with Gasteiger partial charge < -0.3 is 0 Å². The second kappa shape index (κ2) is 5.64. The van der Waals surface area contributed by atoms with E-state index in [1.165, 1.54) is 0 Å². The van der Waals surface area contributed by atoms with Crippen LogP contribution in [0.15, 0.2) is 32.5 Å². The van der Waals surface area contributed by atoms with Gasteiger partial charge in [-0.3, -0.25) is 14.9 Å². The van der Waals surface area contributed by atoms with E-state index in [9.17, 15) is 4.79 Å². The molecule has 1 aromatic heterocycles. The lowest BCUT2D eigenvalue weighted by atomic mass is 10.1. The first-order valence-corrected chi connectivity index (χ1v) is 7.62. The Balaban J connectivity index is 2.54. The van der Waals surface area contributed by atoms with Crippen molar-refractivity contribution in [1.29, 1.82) is 0 Å². The molecule has 0 spiro atoms. The van der Waals surface area contributed by atoms with Crippen molar-refractivity contribution in [3.05, 3.63) is 49.8 Å². The molecule has 1 heterocycles. The summed E-state index contributed by atoms with van der Waals surface area (Å²) in [7, 11) is 0. The number of H-pyrrole nitrogens is 1. The minimum atomic E-state index is -0.200. The van der Waals surface area contributed by atoms with E-state index in [0.29, 0.717) is 5.56 Å². The number of nitrogens with zero attached hydrogens (tertiary/aromatic N) is 2. The first-order valence-electron chi connectivity index (χ1n) is 6.82. The van der Waals surface area contributed by atoms with Crippen LogP contribution in [0.4, 0.5) is 0 Å². The van der Waals surface area contributed by atoms with E-state index >= 15 is 0 Å². The quantitative estimate of drug-likeness (QED) is 0.824. The summed E-state index contributed by atoms with van der Waals surface area (Å²) in [5.41, 5.74) is 3.01. The van der Waals surface area contributed by atoms with Crippen LogP contribution in [0.25, 0.3) is 5.69 Å². The summed E-state index contributed by atoms with van der Waals surface area (Å²) in [4.78, 5) is 17.0. The molecular weight excluding hydrogens is 330 g/mol. The van der Waals surface area contributed by atoms with Gasteiger partial charge in [-0.05, 0) is 58.4 Å². The molecule has 0 aliphatic heterocycles. The first kappa shape index (κ1) is 15.8. The smallest absolute Gasteiger partial charge is 0.280 e. The lowest BCUT2D eigenvalue weighted by Gasteiger charge is -2.10. The highest BCUT2D eigenvalue weighted by Crippen LogP contribution is 2.18. The summed E-state index contributed by atoms with van der Waals surface area (Å²) in [6, 6.07) is 5.83. The molecule has 0 radical (unpaired) electrons. The minimum Gasteiger partial charge on any atom is -0.295 e. The second-order valence-electron chi connectivity index (χ2n) is 6.15. The predicted molar refractivity (Wildman–Crippen MR) is 90.9 cm³/mol. The van der Waals surface area contributed by atoms with Crippen LogP contribution in [0.1, 0.15) is 37.6 Å². The van der Waals surface area contributed by atoms with Gasteiger partial charge in [-0.15, -0.1) is 0 Å². The fourth-order valence-electron chi connectivity index (χ4n) is 2.01. The van der Waals surface area contributed by atoms with Gasteiger partial charge in [0.2, 0.25) is 0 Å². The van der Waals surface area contributed by atoms with Crippen molar-refractivity contribution < 1.29 is 0 Å². The summed E-state index contributed by atoms with van der Waals surface area (Å²) >= 11 is 3.43. The van der Waals surface area contributed by atoms with Gasteiger partial charge >= 0.3 is 0 Å². The Hall–Kier alpha value is -1.62. The molecule has 1 N–H and O–H groups in total. The maximum atomic E-state index is 12.6. The van der Waals surface area contributed by atoms with Crippen LogP contribution in [0.3, 0.4) is 0 Å². The van der Waals surface area contributed by atoms with E-state index in [1.807, 2.05) is 52.8 Å². The average Bonchev–Trinajstić information content (AvgIpc) is 2.61. The van der Waals surface area contributed by atoms with Crippen LogP contribution in [0.2, 0.25) is 0 Å². The number of aryl methyl sites for hydroxylation is 2. The molecule has 2 rings (SSSR count). The van der Waals surface area contributed by atoms with Gasteiger partial charge in [-0.2, -0.15) is 0 Å². The molecule has 4 nitrogen and oxygen atoms in total. The largest absolute Gasteiger partial charge is 0.295 e. The molecule has 0 bridgehead atoms. The fraction of sp³-hybridized carbons (Fsp3) is 0.375. The van der Waals surface area contributed by atoms with Crippen molar-refractivity contribution in [1.82, 2.24) is 9.78 Å². The zero-order valence-electron chi connectivity index (χ0n) is 13.0. The molecule has 21 heavy (non-hydrogen) atoms. The zero-order valence-corrected chi connectivity index (χ0v) is 14.6. The Morgan fingerprint density at radius 3 is 2.52 bits per heavy atom. The summed E-state index contributed by atoms with van der Waals surface area (Å²) in [6.45, 7) is 9.87. The summed E-state index contributed by atoms with van der Waals surface area (Å²) in [6.07, 6.45) is 1.67. The van der Waals surface area contributed by atoms with E-state index in [2.05, 4.69) is 26.0 Å². The maximum Gasteiger partial charge on any atom is 0.280 e. The molecule has 0 saturated heterocycles. The van der Waals surface area contributed by atoms with Crippen LogP contribution in [-0.4, -0.2) is 21.5 Å². The van der Waals surface area contributed by atoms with Gasteiger partial charge in [0.05, 0.1) is 16.8 Å². The fourth-order valence-corrected chi connectivity index (χ4v) is 2.48. The molecule has 0 unspecified atom stereocenters. The summed E-state index contributed by atoms with van der Waals surface area (Å²) in [5.74, 6) is 0. The number of aromatic nitrogens is 2. The van der Waals surface area contributed by atoms with Crippen LogP contribution in [0, 0.1) is 13.8 Å². The van der Waals surface area contributed by atoms with Crippen molar-refractivity contribution in [2.75, 3.05) is 0 Å². The molecule has 0 aliphatic carbocycles. The van der Waals surface area contributed by atoms with Crippen LogP contribution in [-0.2, 0) is 0 Å². The minimum absolute atomic E-state index is 0.0778. The van der Waals surface area contributed by atoms with E-state index in [-0.39, 0.29) is 11.1 Å². The van der Waals surface area contributed by atoms with Crippen LogP contribution in [0.5, 0.6) is 0 Å². The molecule has 112 valence electrons. The zero-order chi connectivity index (χ0) is 15.8. The van der Waals surface area contributed by atoms with Crippen molar-refractivity contribution >= 4 is 22.1 Å². The number of nitrogens with one attached hydrogen (secondary N) is 1. The SMILES string of the molecule is Cc1cc(Br)ccc1-n1[nH]c(C)c(C=NC(C)(C)C)c1=O. The highest BCUT2D eigenvalue weighted by molar-refractivity contribution is 9.10. The third kappa shape index (κ3) is 3.53. The Labute approximate surface area is 133 Å². The van der Waals surface area contributed by atoms with Crippen molar-refractivity contribution in [3.63, 3.8) is 0 Å². The van der Waals surface area contributed by atoms with Crippen LogP contribution >= 0.6 is 15.9 Å². The van der Waals surface area contributed by atoms with Crippen LogP contribution < -0.4 is 5.56 Å². The number of benzene rings is 1. The third-order valence-corrected chi connectivity index (χ3v) is 3.59. The number of halogens is 1. The Morgan fingerprint density at radius 2 is 1.95 bits per heavy atom. The van der Waals surface area contributed by atoms with Gasteiger partial charge in [0.15, 0.2) is 0 Å². The predicted octanol–water partition coefficient (Wildman–Crippen LogP) is 3.76. The number of rotatable bonds is 2. The van der Waals surface area contributed by atoms with Gasteiger partial charge in [-0.25, -0.2) is 4.68 Å². The monoisotopic (exact) mass is 349 g/mol. The second-order valence-corrected chi connectivity index (χ2v) is 7.07. The lowest BCUT2D eigenvalue weighted by molar-refractivity contribution is 0.586. The van der Waals surface area contributed by atoms with Crippen molar-refractivity contribution in [3.8, 4) is 5.69 Å². The number of aromatic amines is 1. The number of aliphatic imine (C=N–C) groups is 1. The van der Waals surface area contributed by atoms with Crippen molar-refractivity contribution in [2.24, 2.45) is 4.99 Å². The Morgan fingerprint density at radius 1 is 1.29 bits per heavy atom. The molecule has 2 aromatic rings. The number of hydrogen-bond acceptors (Lipinski definition) is 2. The topological polar surface area (TPSA) is 50.1 Å². The van der Waals surface area contributed by atoms with E-state index in [4.69, 9.17) is 0 Å². The Kier molecular flexibility index (Phi) is 4.23. The van der Waals surface area contributed by atoms with E-state index in [0.717, 1.165) is 21.4 Å². The van der Waals surface area contributed by atoms with E-state index < -0.39 is 0 Å². The molecular formula is C16H20BrN3O. The molecule has 0 fully saturated rings. The normalized spacial score (nSPS) is 12.3.